The van der Waals surface area contributed by atoms with Crippen LogP contribution in [0, 0.1) is 0 Å². The van der Waals surface area contributed by atoms with Crippen molar-refractivity contribution in [3.05, 3.63) is 29.5 Å². The lowest BCUT2D eigenvalue weighted by Gasteiger charge is -2.12. The summed E-state index contributed by atoms with van der Waals surface area (Å²) in [5, 5.41) is 5.58. The summed E-state index contributed by atoms with van der Waals surface area (Å²) in [6.45, 7) is 1.70. The SMILES string of the molecule is CN(C)CCC(=O)c1nn2c3c(cccc13)CCC2. The Balaban J connectivity index is 2.01. The zero-order chi connectivity index (χ0) is 13.4. The van der Waals surface area contributed by atoms with Crippen LogP contribution in [-0.4, -0.2) is 41.1 Å². The molecule has 1 aliphatic heterocycles. The largest absolute Gasteiger partial charge is 0.309 e. The van der Waals surface area contributed by atoms with Crippen molar-refractivity contribution in [3.8, 4) is 0 Å². The molecular weight excluding hydrogens is 238 g/mol. The number of carbonyl (C=O) groups is 1. The molecule has 3 rings (SSSR count). The van der Waals surface area contributed by atoms with Gasteiger partial charge in [0.2, 0.25) is 0 Å². The number of nitrogens with zero attached hydrogens (tertiary/aromatic N) is 3. The van der Waals surface area contributed by atoms with E-state index in [-0.39, 0.29) is 5.78 Å². The third kappa shape index (κ3) is 2.16. The molecule has 4 heteroatoms. The van der Waals surface area contributed by atoms with Crippen LogP contribution in [0.2, 0.25) is 0 Å². The fraction of sp³-hybridized carbons (Fsp3) is 0.467. The van der Waals surface area contributed by atoms with Gasteiger partial charge < -0.3 is 4.90 Å². The molecule has 0 bridgehead atoms. The van der Waals surface area contributed by atoms with Crippen molar-refractivity contribution in [1.82, 2.24) is 14.7 Å². The molecule has 0 N–H and O–H groups in total. The van der Waals surface area contributed by atoms with Crippen molar-refractivity contribution < 1.29 is 4.79 Å². The fourth-order valence-corrected chi connectivity index (χ4v) is 2.74. The third-order valence-electron chi connectivity index (χ3n) is 3.72. The van der Waals surface area contributed by atoms with Crippen LogP contribution in [0.5, 0.6) is 0 Å². The van der Waals surface area contributed by atoms with Crippen molar-refractivity contribution in [2.75, 3.05) is 20.6 Å². The van der Waals surface area contributed by atoms with Gasteiger partial charge in [0.25, 0.3) is 0 Å². The molecule has 1 aliphatic rings. The maximum Gasteiger partial charge on any atom is 0.184 e. The number of aromatic nitrogens is 2. The van der Waals surface area contributed by atoms with Gasteiger partial charge in [0.1, 0.15) is 5.69 Å². The second-order valence-corrected chi connectivity index (χ2v) is 5.47. The Labute approximate surface area is 113 Å². The van der Waals surface area contributed by atoms with Crippen molar-refractivity contribution in [1.29, 1.82) is 0 Å². The van der Waals surface area contributed by atoms with E-state index in [1.54, 1.807) is 0 Å². The lowest BCUT2D eigenvalue weighted by Crippen LogP contribution is -2.17. The first-order valence-corrected chi connectivity index (χ1v) is 6.83. The number of para-hydroxylation sites is 1. The van der Waals surface area contributed by atoms with Gasteiger partial charge in [-0.05, 0) is 32.5 Å². The van der Waals surface area contributed by atoms with Crippen LogP contribution in [0.4, 0.5) is 0 Å². The molecule has 0 aliphatic carbocycles. The molecule has 0 saturated carbocycles. The average Bonchev–Trinajstić information content (AvgIpc) is 2.78. The highest BCUT2D eigenvalue weighted by Gasteiger charge is 2.21. The predicted molar refractivity (Wildman–Crippen MR) is 75.6 cm³/mol. The summed E-state index contributed by atoms with van der Waals surface area (Å²) in [5.74, 6) is 0.150. The Morgan fingerprint density at radius 3 is 3.05 bits per heavy atom. The molecule has 2 aromatic rings. The van der Waals surface area contributed by atoms with E-state index in [4.69, 9.17) is 0 Å². The fourth-order valence-electron chi connectivity index (χ4n) is 2.74. The number of benzene rings is 1. The molecule has 0 unspecified atom stereocenters. The highest BCUT2D eigenvalue weighted by molar-refractivity contribution is 6.06. The first-order valence-electron chi connectivity index (χ1n) is 6.83. The summed E-state index contributed by atoms with van der Waals surface area (Å²) in [5.41, 5.74) is 3.14. The van der Waals surface area contributed by atoms with Gasteiger partial charge in [-0.2, -0.15) is 5.10 Å². The number of ketones is 1. The third-order valence-corrected chi connectivity index (χ3v) is 3.72. The van der Waals surface area contributed by atoms with E-state index < -0.39 is 0 Å². The number of rotatable bonds is 4. The number of carbonyl (C=O) groups excluding carboxylic acids is 1. The van der Waals surface area contributed by atoms with Crippen LogP contribution in [0.25, 0.3) is 10.9 Å². The van der Waals surface area contributed by atoms with Crippen molar-refractivity contribution in [2.24, 2.45) is 0 Å². The first-order chi connectivity index (χ1) is 9.16. The number of hydrogen-bond acceptors (Lipinski definition) is 3. The maximum absolute atomic E-state index is 12.3. The summed E-state index contributed by atoms with van der Waals surface area (Å²) in [6, 6.07) is 6.21. The van der Waals surface area contributed by atoms with Gasteiger partial charge in [-0.3, -0.25) is 9.48 Å². The molecule has 100 valence electrons. The first kappa shape index (κ1) is 12.4. The van der Waals surface area contributed by atoms with Gasteiger partial charge in [0.15, 0.2) is 5.78 Å². The molecule has 0 amide bonds. The zero-order valence-electron chi connectivity index (χ0n) is 11.5. The van der Waals surface area contributed by atoms with E-state index in [2.05, 4.69) is 11.2 Å². The van der Waals surface area contributed by atoms with Crippen LogP contribution >= 0.6 is 0 Å². The summed E-state index contributed by atoms with van der Waals surface area (Å²) in [7, 11) is 3.96. The van der Waals surface area contributed by atoms with E-state index >= 15 is 0 Å². The predicted octanol–water partition coefficient (Wildman–Crippen LogP) is 2.12. The minimum absolute atomic E-state index is 0.150. The van der Waals surface area contributed by atoms with E-state index in [1.807, 2.05) is 35.8 Å². The molecule has 0 atom stereocenters. The summed E-state index contributed by atoms with van der Waals surface area (Å²) < 4.78 is 2.01. The molecule has 0 radical (unpaired) electrons. The molecule has 0 fully saturated rings. The highest BCUT2D eigenvalue weighted by atomic mass is 16.1. The summed E-state index contributed by atoms with van der Waals surface area (Å²) in [4.78, 5) is 14.3. The van der Waals surface area contributed by atoms with E-state index in [1.165, 1.54) is 11.1 Å². The Kier molecular flexibility index (Phi) is 3.11. The second kappa shape index (κ2) is 4.78. The van der Waals surface area contributed by atoms with Crippen LogP contribution in [0.3, 0.4) is 0 Å². The van der Waals surface area contributed by atoms with Crippen LogP contribution in [-0.2, 0) is 13.0 Å². The normalized spacial score (nSPS) is 14.3. The molecule has 19 heavy (non-hydrogen) atoms. The van der Waals surface area contributed by atoms with Gasteiger partial charge in [-0.15, -0.1) is 0 Å². The van der Waals surface area contributed by atoms with Crippen molar-refractivity contribution >= 4 is 16.7 Å². The van der Waals surface area contributed by atoms with Crippen LogP contribution in [0.1, 0.15) is 28.9 Å². The summed E-state index contributed by atoms with van der Waals surface area (Å²) >= 11 is 0. The van der Waals surface area contributed by atoms with Crippen molar-refractivity contribution in [3.63, 3.8) is 0 Å². The second-order valence-electron chi connectivity index (χ2n) is 5.47. The Bertz CT molecular complexity index is 628. The zero-order valence-corrected chi connectivity index (χ0v) is 11.5. The number of Topliss-reactive ketones (excluding diaryl/α,β-unsaturated/α-hetero) is 1. The monoisotopic (exact) mass is 257 g/mol. The molecule has 0 saturated heterocycles. The Hall–Kier alpha value is -1.68. The quantitative estimate of drug-likeness (QED) is 0.787. The van der Waals surface area contributed by atoms with E-state index in [9.17, 15) is 4.79 Å². The lowest BCUT2D eigenvalue weighted by molar-refractivity contribution is 0.0968. The van der Waals surface area contributed by atoms with E-state index in [0.717, 1.165) is 31.3 Å². The highest BCUT2D eigenvalue weighted by Crippen LogP contribution is 2.27. The van der Waals surface area contributed by atoms with Gasteiger partial charge in [0.05, 0.1) is 5.52 Å². The molecule has 4 nitrogen and oxygen atoms in total. The van der Waals surface area contributed by atoms with Crippen LogP contribution < -0.4 is 0 Å². The standard InChI is InChI=1S/C15H19N3O/c1-17(2)10-8-13(19)14-12-7-3-5-11-6-4-9-18(16-14)15(11)12/h3,5,7H,4,6,8-10H2,1-2H3. The van der Waals surface area contributed by atoms with E-state index in [0.29, 0.717) is 12.1 Å². The maximum atomic E-state index is 12.3. The molecular formula is C15H19N3O. The topological polar surface area (TPSA) is 38.1 Å². The molecule has 1 aromatic carbocycles. The minimum atomic E-state index is 0.150. The lowest BCUT2D eigenvalue weighted by atomic mass is 10.0. The minimum Gasteiger partial charge on any atom is -0.309 e. The van der Waals surface area contributed by atoms with Gasteiger partial charge in [0, 0.05) is 24.9 Å². The van der Waals surface area contributed by atoms with Crippen molar-refractivity contribution in [2.45, 2.75) is 25.8 Å². The Morgan fingerprint density at radius 2 is 2.26 bits per heavy atom. The van der Waals surface area contributed by atoms with Gasteiger partial charge in [-0.25, -0.2) is 0 Å². The average molecular weight is 257 g/mol. The molecule has 0 spiro atoms. The van der Waals surface area contributed by atoms with Gasteiger partial charge in [-0.1, -0.05) is 18.2 Å². The Morgan fingerprint density at radius 1 is 1.42 bits per heavy atom. The number of aryl methyl sites for hydroxylation is 2. The summed E-state index contributed by atoms with van der Waals surface area (Å²) in [6.07, 6.45) is 2.73. The number of hydrogen-bond donors (Lipinski definition) is 0. The molecule has 2 heterocycles. The van der Waals surface area contributed by atoms with Crippen LogP contribution in [0.15, 0.2) is 18.2 Å². The van der Waals surface area contributed by atoms with Gasteiger partial charge >= 0.3 is 0 Å². The molecule has 1 aromatic heterocycles. The smallest absolute Gasteiger partial charge is 0.184 e.